The molecule has 0 radical (unpaired) electrons. The van der Waals surface area contributed by atoms with E-state index in [1.165, 1.54) is 6.08 Å². The van der Waals surface area contributed by atoms with E-state index < -0.39 is 11.5 Å². The number of hydrogen-bond acceptors (Lipinski definition) is 3. The van der Waals surface area contributed by atoms with Gasteiger partial charge in [0.1, 0.15) is 0 Å². The van der Waals surface area contributed by atoms with E-state index >= 15 is 0 Å². The Hall–Kier alpha value is -2.14. The summed E-state index contributed by atoms with van der Waals surface area (Å²) in [4.78, 5) is 22.6. The normalized spacial score (nSPS) is 17.0. The van der Waals surface area contributed by atoms with Crippen LogP contribution in [0.25, 0.3) is 6.08 Å². The number of nitrogens with two attached hydrogens (primary N) is 1. The largest absolute Gasteiger partial charge is 0.388 e. The molecule has 5 heteroatoms. The zero-order valence-electron chi connectivity index (χ0n) is 11.8. The summed E-state index contributed by atoms with van der Waals surface area (Å²) in [5.74, 6) is -0.720. The minimum Gasteiger partial charge on any atom is -0.388 e. The molecule has 1 aliphatic rings. The van der Waals surface area contributed by atoms with E-state index in [1.54, 1.807) is 30.3 Å². The number of amides is 2. The van der Waals surface area contributed by atoms with Crippen molar-refractivity contribution in [3.63, 3.8) is 0 Å². The molecule has 1 saturated carbocycles. The Morgan fingerprint density at radius 2 is 1.86 bits per heavy atom. The van der Waals surface area contributed by atoms with Gasteiger partial charge in [-0.1, -0.05) is 25.0 Å². The van der Waals surface area contributed by atoms with E-state index in [4.69, 9.17) is 5.73 Å². The van der Waals surface area contributed by atoms with Crippen LogP contribution < -0.4 is 11.1 Å². The highest BCUT2D eigenvalue weighted by Crippen LogP contribution is 2.28. The first-order valence-corrected chi connectivity index (χ1v) is 7.07. The summed E-state index contributed by atoms with van der Waals surface area (Å²) in [6, 6.07) is 6.66. The number of nitrogens with one attached hydrogen (secondary N) is 1. The Bertz CT molecular complexity index is 543. The fourth-order valence-corrected chi connectivity index (χ4v) is 2.45. The third-order valence-electron chi connectivity index (χ3n) is 3.75. The van der Waals surface area contributed by atoms with E-state index in [1.807, 2.05) is 0 Å². The third kappa shape index (κ3) is 4.43. The van der Waals surface area contributed by atoms with Crippen LogP contribution in [-0.4, -0.2) is 29.1 Å². The molecule has 1 aromatic rings. The Morgan fingerprint density at radius 1 is 1.24 bits per heavy atom. The van der Waals surface area contributed by atoms with Gasteiger partial charge in [0.15, 0.2) is 0 Å². The Balaban J connectivity index is 1.85. The summed E-state index contributed by atoms with van der Waals surface area (Å²) in [7, 11) is 0. The van der Waals surface area contributed by atoms with Gasteiger partial charge >= 0.3 is 0 Å². The van der Waals surface area contributed by atoms with Gasteiger partial charge in [-0.3, -0.25) is 9.59 Å². The Morgan fingerprint density at radius 3 is 2.43 bits per heavy atom. The number of carbonyl (C=O) groups excluding carboxylic acids is 2. The minimum atomic E-state index is -0.743. The van der Waals surface area contributed by atoms with Crippen LogP contribution in [0, 0.1) is 0 Å². The molecule has 1 aromatic carbocycles. The van der Waals surface area contributed by atoms with Crippen LogP contribution in [0.4, 0.5) is 0 Å². The number of primary amides is 1. The van der Waals surface area contributed by atoms with E-state index in [2.05, 4.69) is 5.32 Å². The van der Waals surface area contributed by atoms with Crippen molar-refractivity contribution >= 4 is 17.9 Å². The molecule has 1 aliphatic carbocycles. The molecule has 0 heterocycles. The molecule has 5 nitrogen and oxygen atoms in total. The molecule has 0 spiro atoms. The van der Waals surface area contributed by atoms with Crippen molar-refractivity contribution in [1.29, 1.82) is 0 Å². The Labute approximate surface area is 123 Å². The molecule has 0 saturated heterocycles. The van der Waals surface area contributed by atoms with Gasteiger partial charge in [0.2, 0.25) is 11.8 Å². The van der Waals surface area contributed by atoms with Gasteiger partial charge in [-0.15, -0.1) is 0 Å². The SMILES string of the molecule is NC(=O)c1ccc(C=CC(=O)NCC2(O)CCCC2)cc1. The monoisotopic (exact) mass is 288 g/mol. The van der Waals surface area contributed by atoms with E-state index in [0.29, 0.717) is 5.56 Å². The maximum atomic E-state index is 11.7. The van der Waals surface area contributed by atoms with Gasteiger partial charge in [-0.2, -0.15) is 0 Å². The number of benzene rings is 1. The first-order valence-electron chi connectivity index (χ1n) is 7.07. The number of aliphatic hydroxyl groups is 1. The van der Waals surface area contributed by atoms with Gasteiger partial charge < -0.3 is 16.2 Å². The summed E-state index contributed by atoms with van der Waals surface area (Å²) >= 11 is 0. The second-order valence-electron chi connectivity index (χ2n) is 5.47. The number of hydrogen-bond donors (Lipinski definition) is 3. The van der Waals surface area contributed by atoms with Crippen LogP contribution in [0.15, 0.2) is 30.3 Å². The van der Waals surface area contributed by atoms with Gasteiger partial charge in [-0.25, -0.2) is 0 Å². The summed E-state index contributed by atoms with van der Waals surface area (Å²) in [6.07, 6.45) is 6.57. The van der Waals surface area contributed by atoms with Crippen molar-refractivity contribution in [2.24, 2.45) is 5.73 Å². The molecule has 0 unspecified atom stereocenters. The molecular formula is C16H20N2O3. The zero-order chi connectivity index (χ0) is 15.3. The second-order valence-corrected chi connectivity index (χ2v) is 5.47. The summed E-state index contributed by atoms with van der Waals surface area (Å²) in [6.45, 7) is 0.288. The molecule has 0 aromatic heterocycles. The maximum absolute atomic E-state index is 11.7. The summed E-state index contributed by atoms with van der Waals surface area (Å²) in [5, 5.41) is 12.8. The fourth-order valence-electron chi connectivity index (χ4n) is 2.45. The second kappa shape index (κ2) is 6.54. The lowest BCUT2D eigenvalue weighted by Gasteiger charge is -2.21. The molecular weight excluding hydrogens is 268 g/mol. The molecule has 0 atom stereocenters. The highest BCUT2D eigenvalue weighted by atomic mass is 16.3. The first kappa shape index (κ1) is 15.3. The lowest BCUT2D eigenvalue weighted by atomic mass is 10.0. The van der Waals surface area contributed by atoms with Crippen LogP contribution in [0.1, 0.15) is 41.6 Å². The number of carbonyl (C=O) groups is 2. The maximum Gasteiger partial charge on any atom is 0.248 e. The molecule has 2 rings (SSSR count). The van der Waals surface area contributed by atoms with Gasteiger partial charge in [0.05, 0.1) is 5.60 Å². The van der Waals surface area contributed by atoms with Crippen molar-refractivity contribution in [2.45, 2.75) is 31.3 Å². The van der Waals surface area contributed by atoms with Crippen molar-refractivity contribution in [1.82, 2.24) is 5.32 Å². The summed E-state index contributed by atoms with van der Waals surface area (Å²) < 4.78 is 0. The zero-order valence-corrected chi connectivity index (χ0v) is 11.8. The van der Waals surface area contributed by atoms with Crippen LogP contribution >= 0.6 is 0 Å². The third-order valence-corrected chi connectivity index (χ3v) is 3.75. The van der Waals surface area contributed by atoms with Gasteiger partial charge in [0, 0.05) is 18.2 Å². The topological polar surface area (TPSA) is 92.4 Å². The standard InChI is InChI=1S/C16H20N2O3/c17-15(20)13-6-3-12(4-7-13)5-8-14(19)18-11-16(21)9-1-2-10-16/h3-8,21H,1-2,9-11H2,(H2,17,20)(H,18,19). The van der Waals surface area contributed by atoms with Crippen LogP contribution in [-0.2, 0) is 4.79 Å². The van der Waals surface area contributed by atoms with Crippen LogP contribution in [0.3, 0.4) is 0 Å². The molecule has 21 heavy (non-hydrogen) atoms. The minimum absolute atomic E-state index is 0.241. The summed E-state index contributed by atoms with van der Waals surface area (Å²) in [5.41, 5.74) is 5.64. The smallest absolute Gasteiger partial charge is 0.248 e. The predicted molar refractivity (Wildman–Crippen MR) is 80.4 cm³/mol. The fraction of sp³-hybridized carbons (Fsp3) is 0.375. The van der Waals surface area contributed by atoms with Crippen molar-refractivity contribution in [2.75, 3.05) is 6.54 Å². The molecule has 1 fully saturated rings. The Kier molecular flexibility index (Phi) is 4.75. The highest BCUT2D eigenvalue weighted by Gasteiger charge is 2.30. The first-order chi connectivity index (χ1) is 9.98. The van der Waals surface area contributed by atoms with Gasteiger partial charge in [-0.05, 0) is 36.6 Å². The lowest BCUT2D eigenvalue weighted by molar-refractivity contribution is -0.117. The molecule has 2 amide bonds. The lowest BCUT2D eigenvalue weighted by Crippen LogP contribution is -2.40. The average Bonchev–Trinajstić information content (AvgIpc) is 2.91. The quantitative estimate of drug-likeness (QED) is 0.711. The van der Waals surface area contributed by atoms with Crippen molar-refractivity contribution in [3.05, 3.63) is 41.5 Å². The number of rotatable bonds is 5. The van der Waals surface area contributed by atoms with Crippen LogP contribution in [0.2, 0.25) is 0 Å². The van der Waals surface area contributed by atoms with Crippen molar-refractivity contribution in [3.8, 4) is 0 Å². The molecule has 0 bridgehead atoms. The van der Waals surface area contributed by atoms with Crippen molar-refractivity contribution < 1.29 is 14.7 Å². The van der Waals surface area contributed by atoms with Crippen LogP contribution in [0.5, 0.6) is 0 Å². The predicted octanol–water partition coefficient (Wildman–Crippen LogP) is 1.22. The van der Waals surface area contributed by atoms with E-state index in [0.717, 1.165) is 31.2 Å². The average molecular weight is 288 g/mol. The van der Waals surface area contributed by atoms with E-state index in [-0.39, 0.29) is 12.5 Å². The van der Waals surface area contributed by atoms with E-state index in [9.17, 15) is 14.7 Å². The molecule has 0 aliphatic heterocycles. The molecule has 112 valence electrons. The van der Waals surface area contributed by atoms with Gasteiger partial charge in [0.25, 0.3) is 0 Å². The highest BCUT2D eigenvalue weighted by molar-refractivity contribution is 5.94. The molecule has 4 N–H and O–H groups in total.